The first-order valence-electron chi connectivity index (χ1n) is 8.59. The van der Waals surface area contributed by atoms with Crippen LogP contribution in [0.4, 0.5) is 4.79 Å². The number of nitrogens with zero attached hydrogens (tertiary/aromatic N) is 1. The summed E-state index contributed by atoms with van der Waals surface area (Å²) in [6.45, 7) is 6.37. The SMILES string of the molecule is CC(C)(C)OC(=O)N1CCCCCC1CC(O)c1ccccc1. The Kier molecular flexibility index (Phi) is 6.05. The fourth-order valence-electron chi connectivity index (χ4n) is 3.05. The molecule has 0 bridgehead atoms. The van der Waals surface area contributed by atoms with Gasteiger partial charge in [-0.05, 0) is 45.6 Å². The number of carbonyl (C=O) groups excluding carboxylic acids is 1. The topological polar surface area (TPSA) is 49.8 Å². The van der Waals surface area contributed by atoms with Crippen molar-refractivity contribution in [2.45, 2.75) is 70.6 Å². The number of ether oxygens (including phenoxy) is 1. The largest absolute Gasteiger partial charge is 0.444 e. The van der Waals surface area contributed by atoms with Crippen molar-refractivity contribution in [2.24, 2.45) is 0 Å². The van der Waals surface area contributed by atoms with Crippen LogP contribution in [0.25, 0.3) is 0 Å². The minimum absolute atomic E-state index is 0.0301. The van der Waals surface area contributed by atoms with Crippen LogP contribution in [0.3, 0.4) is 0 Å². The van der Waals surface area contributed by atoms with E-state index in [-0.39, 0.29) is 12.1 Å². The number of carbonyl (C=O) groups is 1. The van der Waals surface area contributed by atoms with Crippen molar-refractivity contribution in [3.63, 3.8) is 0 Å². The number of rotatable bonds is 3. The minimum Gasteiger partial charge on any atom is -0.444 e. The van der Waals surface area contributed by atoms with Crippen molar-refractivity contribution < 1.29 is 14.6 Å². The summed E-state index contributed by atoms with van der Waals surface area (Å²) in [5.41, 5.74) is 0.410. The number of hydrogen-bond acceptors (Lipinski definition) is 3. The van der Waals surface area contributed by atoms with Gasteiger partial charge in [0.25, 0.3) is 0 Å². The molecule has 128 valence electrons. The van der Waals surface area contributed by atoms with Crippen LogP contribution in [0, 0.1) is 0 Å². The highest BCUT2D eigenvalue weighted by atomic mass is 16.6. The third-order valence-corrected chi connectivity index (χ3v) is 4.18. The summed E-state index contributed by atoms with van der Waals surface area (Å²) in [6.07, 6.45) is 3.88. The lowest BCUT2D eigenvalue weighted by Gasteiger charge is -2.33. The highest BCUT2D eigenvalue weighted by Crippen LogP contribution is 2.27. The standard InChI is InChI=1S/C19H29NO3/c1-19(2,3)23-18(22)20-13-9-5-8-12-16(20)14-17(21)15-10-6-4-7-11-15/h4,6-7,10-11,16-17,21H,5,8-9,12-14H2,1-3H3. The van der Waals surface area contributed by atoms with E-state index >= 15 is 0 Å². The van der Waals surface area contributed by atoms with Crippen LogP contribution in [0.15, 0.2) is 30.3 Å². The molecule has 1 aromatic rings. The smallest absolute Gasteiger partial charge is 0.410 e. The summed E-state index contributed by atoms with van der Waals surface area (Å²) in [6, 6.07) is 9.68. The van der Waals surface area contributed by atoms with Gasteiger partial charge in [-0.2, -0.15) is 0 Å². The van der Waals surface area contributed by atoms with E-state index in [9.17, 15) is 9.90 Å². The number of amides is 1. The first-order chi connectivity index (χ1) is 10.9. The molecule has 1 aliphatic heterocycles. The molecule has 2 unspecified atom stereocenters. The molecule has 1 aliphatic rings. The van der Waals surface area contributed by atoms with Crippen LogP contribution in [-0.2, 0) is 4.74 Å². The number of hydrogen-bond donors (Lipinski definition) is 1. The van der Waals surface area contributed by atoms with E-state index in [0.29, 0.717) is 13.0 Å². The Labute approximate surface area is 139 Å². The molecular formula is C19H29NO3. The van der Waals surface area contributed by atoms with Gasteiger partial charge in [-0.15, -0.1) is 0 Å². The molecule has 4 heteroatoms. The molecule has 1 aromatic carbocycles. The lowest BCUT2D eigenvalue weighted by Crippen LogP contribution is -2.43. The zero-order valence-electron chi connectivity index (χ0n) is 14.5. The van der Waals surface area contributed by atoms with E-state index in [1.54, 1.807) is 0 Å². The van der Waals surface area contributed by atoms with Crippen LogP contribution < -0.4 is 0 Å². The molecule has 1 fully saturated rings. The molecule has 0 aromatic heterocycles. The van der Waals surface area contributed by atoms with Crippen molar-refractivity contribution >= 4 is 6.09 Å². The van der Waals surface area contributed by atoms with Crippen molar-refractivity contribution in [1.82, 2.24) is 4.90 Å². The Hall–Kier alpha value is -1.55. The zero-order valence-corrected chi connectivity index (χ0v) is 14.5. The summed E-state index contributed by atoms with van der Waals surface area (Å²) in [5.74, 6) is 0. The van der Waals surface area contributed by atoms with Crippen LogP contribution in [0.1, 0.15) is 64.5 Å². The predicted octanol–water partition coefficient (Wildman–Crippen LogP) is 4.29. The first kappa shape index (κ1) is 17.8. The van der Waals surface area contributed by atoms with Gasteiger partial charge >= 0.3 is 6.09 Å². The quantitative estimate of drug-likeness (QED) is 0.904. The number of aliphatic hydroxyl groups is 1. The van der Waals surface area contributed by atoms with Crippen LogP contribution in [0.5, 0.6) is 0 Å². The van der Waals surface area contributed by atoms with E-state index in [2.05, 4.69) is 0 Å². The van der Waals surface area contributed by atoms with Crippen molar-refractivity contribution in [1.29, 1.82) is 0 Å². The van der Waals surface area contributed by atoms with Gasteiger partial charge < -0.3 is 14.7 Å². The Balaban J connectivity index is 2.07. The van der Waals surface area contributed by atoms with Gasteiger partial charge in [0, 0.05) is 12.6 Å². The van der Waals surface area contributed by atoms with Gasteiger partial charge in [0.15, 0.2) is 0 Å². The van der Waals surface area contributed by atoms with Crippen molar-refractivity contribution in [3.8, 4) is 0 Å². The highest BCUT2D eigenvalue weighted by Gasteiger charge is 2.30. The molecule has 2 atom stereocenters. The molecule has 1 amide bonds. The summed E-state index contributed by atoms with van der Waals surface area (Å²) in [4.78, 5) is 14.3. The van der Waals surface area contributed by atoms with Crippen LogP contribution in [-0.4, -0.2) is 34.3 Å². The molecule has 1 N–H and O–H groups in total. The molecule has 2 rings (SSSR count). The van der Waals surface area contributed by atoms with Crippen LogP contribution >= 0.6 is 0 Å². The maximum atomic E-state index is 12.5. The molecule has 4 nitrogen and oxygen atoms in total. The third-order valence-electron chi connectivity index (χ3n) is 4.18. The predicted molar refractivity (Wildman–Crippen MR) is 91.2 cm³/mol. The van der Waals surface area contributed by atoms with Gasteiger partial charge in [0.05, 0.1) is 6.10 Å². The first-order valence-corrected chi connectivity index (χ1v) is 8.59. The third kappa shape index (κ3) is 5.54. The average molecular weight is 319 g/mol. The fourth-order valence-corrected chi connectivity index (χ4v) is 3.05. The summed E-state index contributed by atoms with van der Waals surface area (Å²) < 4.78 is 5.56. The summed E-state index contributed by atoms with van der Waals surface area (Å²) in [5, 5.41) is 10.5. The second kappa shape index (κ2) is 7.82. The second-order valence-electron chi connectivity index (χ2n) is 7.34. The monoisotopic (exact) mass is 319 g/mol. The molecule has 0 saturated carbocycles. The van der Waals surface area contributed by atoms with E-state index < -0.39 is 11.7 Å². The fraction of sp³-hybridized carbons (Fsp3) is 0.632. The lowest BCUT2D eigenvalue weighted by atomic mass is 9.98. The maximum Gasteiger partial charge on any atom is 0.410 e. The number of likely N-dealkylation sites (tertiary alicyclic amines) is 1. The average Bonchev–Trinajstić information content (AvgIpc) is 2.72. The maximum absolute atomic E-state index is 12.5. The molecular weight excluding hydrogens is 290 g/mol. The lowest BCUT2D eigenvalue weighted by molar-refractivity contribution is 0.0104. The molecule has 23 heavy (non-hydrogen) atoms. The Bertz CT molecular complexity index is 495. The van der Waals surface area contributed by atoms with E-state index in [1.807, 2.05) is 56.0 Å². The number of benzene rings is 1. The van der Waals surface area contributed by atoms with Gasteiger partial charge in [0.1, 0.15) is 5.60 Å². The van der Waals surface area contributed by atoms with E-state index in [0.717, 1.165) is 31.2 Å². The molecule has 1 heterocycles. The Morgan fingerprint density at radius 1 is 1.26 bits per heavy atom. The van der Waals surface area contributed by atoms with E-state index in [4.69, 9.17) is 4.74 Å². The highest BCUT2D eigenvalue weighted by molar-refractivity contribution is 5.68. The van der Waals surface area contributed by atoms with Gasteiger partial charge in [-0.3, -0.25) is 0 Å². The van der Waals surface area contributed by atoms with Crippen molar-refractivity contribution in [2.75, 3.05) is 6.54 Å². The normalized spacial score (nSPS) is 20.7. The molecule has 0 spiro atoms. The van der Waals surface area contributed by atoms with E-state index in [1.165, 1.54) is 0 Å². The second-order valence-corrected chi connectivity index (χ2v) is 7.34. The Morgan fingerprint density at radius 2 is 1.96 bits per heavy atom. The minimum atomic E-state index is -0.552. The van der Waals surface area contributed by atoms with Gasteiger partial charge in [-0.25, -0.2) is 4.79 Å². The van der Waals surface area contributed by atoms with Crippen LogP contribution in [0.2, 0.25) is 0 Å². The van der Waals surface area contributed by atoms with Gasteiger partial charge in [0.2, 0.25) is 0 Å². The zero-order chi connectivity index (χ0) is 16.9. The molecule has 1 saturated heterocycles. The Morgan fingerprint density at radius 3 is 2.61 bits per heavy atom. The van der Waals surface area contributed by atoms with Gasteiger partial charge in [-0.1, -0.05) is 43.2 Å². The van der Waals surface area contributed by atoms with Crippen molar-refractivity contribution in [3.05, 3.63) is 35.9 Å². The summed E-state index contributed by atoms with van der Waals surface area (Å²) in [7, 11) is 0. The molecule has 0 aliphatic carbocycles. The molecule has 0 radical (unpaired) electrons. The summed E-state index contributed by atoms with van der Waals surface area (Å²) >= 11 is 0. The number of aliphatic hydroxyl groups excluding tert-OH is 1.